The minimum atomic E-state index is -4.59. The van der Waals surface area contributed by atoms with Gasteiger partial charge in [0.2, 0.25) is 5.95 Å². The van der Waals surface area contributed by atoms with E-state index in [-0.39, 0.29) is 17.9 Å². The largest absolute Gasteiger partial charge is 0.490 e. The smallest absolute Gasteiger partial charge is 0.421 e. The molecule has 34 heavy (non-hydrogen) atoms. The van der Waals surface area contributed by atoms with Crippen molar-refractivity contribution in [2.75, 3.05) is 10.6 Å². The molecule has 5 nitrogen and oxygen atoms in total. The van der Waals surface area contributed by atoms with Gasteiger partial charge in [0.25, 0.3) is 0 Å². The number of aromatic nitrogens is 2. The Balaban J connectivity index is 1.51. The molecular formula is C26H29F3N4O. The lowest BCUT2D eigenvalue weighted by atomic mass is 9.99. The molecule has 1 atom stereocenters. The number of nitrogens with one attached hydrogen (secondary N) is 2. The summed E-state index contributed by atoms with van der Waals surface area (Å²) in [7, 11) is 0. The van der Waals surface area contributed by atoms with E-state index in [9.17, 15) is 13.2 Å². The van der Waals surface area contributed by atoms with Gasteiger partial charge in [-0.1, -0.05) is 26.0 Å². The van der Waals surface area contributed by atoms with Crippen LogP contribution in [0.15, 0.2) is 54.7 Å². The molecule has 1 saturated carbocycles. The summed E-state index contributed by atoms with van der Waals surface area (Å²) in [5.41, 5.74) is 1.44. The molecule has 8 heteroatoms. The van der Waals surface area contributed by atoms with Crippen LogP contribution in [-0.2, 0) is 6.18 Å². The van der Waals surface area contributed by atoms with E-state index in [0.29, 0.717) is 23.0 Å². The van der Waals surface area contributed by atoms with Crippen LogP contribution in [0.5, 0.6) is 5.75 Å². The Morgan fingerprint density at radius 3 is 2.21 bits per heavy atom. The maximum atomic E-state index is 13.6. The third-order valence-electron chi connectivity index (χ3n) is 6.16. The summed E-state index contributed by atoms with van der Waals surface area (Å²) in [6, 6.07) is 14.6. The van der Waals surface area contributed by atoms with Gasteiger partial charge in [0.05, 0.1) is 6.10 Å². The SMILES string of the molecule is CCC(C)c1ccc(Nc2ncc(C(F)(F)F)c(Nc3ccc(OC4CCCC4)cc3)n2)cc1. The molecule has 0 spiro atoms. The first-order valence-electron chi connectivity index (χ1n) is 11.7. The van der Waals surface area contributed by atoms with Crippen molar-refractivity contribution < 1.29 is 17.9 Å². The molecule has 1 fully saturated rings. The average Bonchev–Trinajstić information content (AvgIpc) is 3.33. The molecule has 0 amide bonds. The minimum absolute atomic E-state index is 0.0768. The van der Waals surface area contributed by atoms with Gasteiger partial charge in [0.15, 0.2) is 0 Å². The Hall–Kier alpha value is -3.29. The number of hydrogen-bond donors (Lipinski definition) is 2. The zero-order valence-corrected chi connectivity index (χ0v) is 19.3. The number of halogens is 3. The average molecular weight is 471 g/mol. The van der Waals surface area contributed by atoms with Crippen molar-refractivity contribution >= 4 is 23.1 Å². The molecule has 0 saturated heterocycles. The monoisotopic (exact) mass is 470 g/mol. The number of ether oxygens (including phenoxy) is 1. The Labute approximate surface area is 197 Å². The molecule has 3 aromatic rings. The first-order chi connectivity index (χ1) is 16.3. The molecule has 2 aromatic carbocycles. The fourth-order valence-corrected chi connectivity index (χ4v) is 3.96. The first kappa shape index (κ1) is 23.9. The van der Waals surface area contributed by atoms with Crippen molar-refractivity contribution in [3.05, 3.63) is 65.9 Å². The molecule has 180 valence electrons. The maximum absolute atomic E-state index is 13.6. The summed E-state index contributed by atoms with van der Waals surface area (Å²) in [6.45, 7) is 4.27. The standard InChI is InChI=1S/C26H29F3N4O/c1-3-17(2)18-8-10-20(11-9-18)32-25-30-16-23(26(27,28)29)24(33-25)31-19-12-14-22(15-13-19)34-21-6-4-5-7-21/h8-17,21H,3-7H2,1-2H3,(H2,30,31,32,33). The molecule has 1 aliphatic carbocycles. The molecule has 1 aliphatic rings. The number of anilines is 4. The lowest BCUT2D eigenvalue weighted by molar-refractivity contribution is -0.137. The van der Waals surface area contributed by atoms with E-state index >= 15 is 0 Å². The summed E-state index contributed by atoms with van der Waals surface area (Å²) in [6.07, 6.45) is 1.83. The van der Waals surface area contributed by atoms with Crippen LogP contribution in [0.3, 0.4) is 0 Å². The molecule has 1 aromatic heterocycles. The van der Waals surface area contributed by atoms with Gasteiger partial charge in [-0.2, -0.15) is 18.2 Å². The second kappa shape index (κ2) is 10.3. The van der Waals surface area contributed by atoms with Crippen LogP contribution < -0.4 is 15.4 Å². The van der Waals surface area contributed by atoms with Gasteiger partial charge in [0, 0.05) is 17.6 Å². The van der Waals surface area contributed by atoms with E-state index in [4.69, 9.17) is 4.74 Å². The first-order valence-corrected chi connectivity index (χ1v) is 11.7. The van der Waals surface area contributed by atoms with Crippen LogP contribution in [0.25, 0.3) is 0 Å². The number of benzene rings is 2. The van der Waals surface area contributed by atoms with Gasteiger partial charge in [-0.3, -0.25) is 0 Å². The van der Waals surface area contributed by atoms with Gasteiger partial charge in [0.1, 0.15) is 17.1 Å². The molecule has 0 bridgehead atoms. The highest BCUT2D eigenvalue weighted by Gasteiger charge is 2.35. The zero-order valence-electron chi connectivity index (χ0n) is 19.3. The van der Waals surface area contributed by atoms with Gasteiger partial charge in [-0.25, -0.2) is 4.98 Å². The summed E-state index contributed by atoms with van der Waals surface area (Å²) >= 11 is 0. The van der Waals surface area contributed by atoms with Crippen LogP contribution in [0.4, 0.5) is 36.3 Å². The molecule has 0 aliphatic heterocycles. The van der Waals surface area contributed by atoms with Crippen LogP contribution in [-0.4, -0.2) is 16.1 Å². The van der Waals surface area contributed by atoms with E-state index in [0.717, 1.165) is 38.3 Å². The number of rotatable bonds is 8. The Kier molecular flexibility index (Phi) is 7.24. The highest BCUT2D eigenvalue weighted by Crippen LogP contribution is 2.36. The molecular weight excluding hydrogens is 441 g/mol. The Morgan fingerprint density at radius 1 is 0.971 bits per heavy atom. The third-order valence-corrected chi connectivity index (χ3v) is 6.16. The van der Waals surface area contributed by atoms with Crippen molar-refractivity contribution in [3.8, 4) is 5.75 Å². The molecule has 1 heterocycles. The number of hydrogen-bond acceptors (Lipinski definition) is 5. The lowest BCUT2D eigenvalue weighted by Gasteiger charge is -2.16. The second-order valence-electron chi connectivity index (χ2n) is 8.68. The van der Waals surface area contributed by atoms with Gasteiger partial charge >= 0.3 is 6.18 Å². The highest BCUT2D eigenvalue weighted by atomic mass is 19.4. The molecule has 0 radical (unpaired) electrons. The van der Waals surface area contributed by atoms with Crippen LogP contribution in [0, 0.1) is 0 Å². The zero-order chi connectivity index (χ0) is 24.1. The van der Waals surface area contributed by atoms with Crippen molar-refractivity contribution in [2.24, 2.45) is 0 Å². The maximum Gasteiger partial charge on any atom is 0.421 e. The van der Waals surface area contributed by atoms with Gasteiger partial charge < -0.3 is 15.4 Å². The molecule has 1 unspecified atom stereocenters. The van der Waals surface area contributed by atoms with Crippen molar-refractivity contribution in [1.82, 2.24) is 9.97 Å². The topological polar surface area (TPSA) is 59.1 Å². The lowest BCUT2D eigenvalue weighted by Crippen LogP contribution is -2.13. The Bertz CT molecular complexity index is 1080. The fourth-order valence-electron chi connectivity index (χ4n) is 3.96. The summed E-state index contributed by atoms with van der Waals surface area (Å²) in [4.78, 5) is 8.01. The fraction of sp³-hybridized carbons (Fsp3) is 0.385. The Morgan fingerprint density at radius 2 is 1.59 bits per heavy atom. The minimum Gasteiger partial charge on any atom is -0.490 e. The highest BCUT2D eigenvalue weighted by molar-refractivity contribution is 5.63. The quantitative estimate of drug-likeness (QED) is 0.351. The normalized spacial score (nSPS) is 15.2. The van der Waals surface area contributed by atoms with Gasteiger partial charge in [-0.15, -0.1) is 0 Å². The van der Waals surface area contributed by atoms with E-state index in [2.05, 4.69) is 34.4 Å². The van der Waals surface area contributed by atoms with Crippen LogP contribution in [0.2, 0.25) is 0 Å². The predicted molar refractivity (Wildman–Crippen MR) is 128 cm³/mol. The van der Waals surface area contributed by atoms with Crippen molar-refractivity contribution in [1.29, 1.82) is 0 Å². The number of alkyl halides is 3. The van der Waals surface area contributed by atoms with Crippen molar-refractivity contribution in [2.45, 2.75) is 64.1 Å². The molecule has 4 rings (SSSR count). The van der Waals surface area contributed by atoms with Crippen LogP contribution in [0.1, 0.15) is 63.0 Å². The van der Waals surface area contributed by atoms with Crippen molar-refractivity contribution in [3.63, 3.8) is 0 Å². The summed E-state index contributed by atoms with van der Waals surface area (Å²) < 4.78 is 46.7. The van der Waals surface area contributed by atoms with E-state index in [1.54, 1.807) is 24.3 Å². The van der Waals surface area contributed by atoms with Crippen LogP contribution >= 0.6 is 0 Å². The van der Waals surface area contributed by atoms with E-state index in [1.807, 2.05) is 24.3 Å². The van der Waals surface area contributed by atoms with E-state index < -0.39 is 11.7 Å². The third kappa shape index (κ3) is 5.98. The van der Waals surface area contributed by atoms with Gasteiger partial charge in [-0.05, 0) is 80.0 Å². The van der Waals surface area contributed by atoms with E-state index in [1.165, 1.54) is 5.56 Å². The molecule has 2 N–H and O–H groups in total. The summed E-state index contributed by atoms with van der Waals surface area (Å²) in [5, 5.41) is 5.78. The predicted octanol–water partition coefficient (Wildman–Crippen LogP) is 7.82. The number of nitrogens with zero attached hydrogens (tertiary/aromatic N) is 2. The summed E-state index contributed by atoms with van der Waals surface area (Å²) in [5.74, 6) is 0.903. The second-order valence-corrected chi connectivity index (χ2v) is 8.68.